The molecule has 0 amide bonds. The quantitative estimate of drug-likeness (QED) is 0.530. The number of benzene rings is 2. The molecule has 0 spiro atoms. The number of methoxy groups -OCH3 is 1. The van der Waals surface area contributed by atoms with Gasteiger partial charge in [0.05, 0.1) is 32.5 Å². The summed E-state index contributed by atoms with van der Waals surface area (Å²) in [6, 6.07) is 17.1. The standard InChI is InChI=1S/C25H34N4O3/c1-4-31-23-14-20(10-11-22(23)30-3)15-27-25(26-2)29-17-21-24(18-29)32-13-12-28(21)16-19-8-6-5-7-9-19/h5-11,14,21,24H,4,12-13,15-18H2,1-3H3,(H,26,27). The van der Waals surface area contributed by atoms with Crippen molar-refractivity contribution in [1.82, 2.24) is 15.1 Å². The van der Waals surface area contributed by atoms with Crippen LogP contribution >= 0.6 is 0 Å². The van der Waals surface area contributed by atoms with Crippen LogP contribution in [-0.2, 0) is 17.8 Å². The summed E-state index contributed by atoms with van der Waals surface area (Å²) < 4.78 is 17.2. The molecule has 2 aliphatic rings. The molecule has 2 aromatic rings. The molecule has 0 aliphatic carbocycles. The highest BCUT2D eigenvalue weighted by Gasteiger charge is 2.41. The summed E-state index contributed by atoms with van der Waals surface area (Å²) in [5.74, 6) is 2.41. The molecule has 2 saturated heterocycles. The number of hydrogen-bond donors (Lipinski definition) is 1. The van der Waals surface area contributed by atoms with E-state index in [1.165, 1.54) is 5.56 Å². The van der Waals surface area contributed by atoms with Gasteiger partial charge in [-0.05, 0) is 30.2 Å². The Hall–Kier alpha value is -2.77. The lowest BCUT2D eigenvalue weighted by Gasteiger charge is -2.36. The van der Waals surface area contributed by atoms with E-state index in [1.54, 1.807) is 7.11 Å². The molecule has 7 nitrogen and oxygen atoms in total. The number of morpholine rings is 1. The lowest BCUT2D eigenvalue weighted by atomic mass is 10.1. The smallest absolute Gasteiger partial charge is 0.194 e. The zero-order chi connectivity index (χ0) is 22.3. The van der Waals surface area contributed by atoms with Gasteiger partial charge in [-0.2, -0.15) is 0 Å². The molecule has 4 rings (SSSR count). The van der Waals surface area contributed by atoms with Crippen LogP contribution in [0.5, 0.6) is 11.5 Å². The van der Waals surface area contributed by atoms with Crippen molar-refractivity contribution >= 4 is 5.96 Å². The Kier molecular flexibility index (Phi) is 7.50. The molecular formula is C25H34N4O3. The van der Waals surface area contributed by atoms with Gasteiger partial charge in [-0.3, -0.25) is 9.89 Å². The average Bonchev–Trinajstić information content (AvgIpc) is 3.26. The Morgan fingerprint density at radius 3 is 2.72 bits per heavy atom. The van der Waals surface area contributed by atoms with Crippen LogP contribution in [-0.4, -0.2) is 74.9 Å². The van der Waals surface area contributed by atoms with E-state index >= 15 is 0 Å². The van der Waals surface area contributed by atoms with Crippen LogP contribution in [0.15, 0.2) is 53.5 Å². The Morgan fingerprint density at radius 1 is 1.12 bits per heavy atom. The van der Waals surface area contributed by atoms with Crippen molar-refractivity contribution in [3.63, 3.8) is 0 Å². The van der Waals surface area contributed by atoms with Gasteiger partial charge in [0.2, 0.25) is 0 Å². The normalized spacial score (nSPS) is 21.3. The zero-order valence-electron chi connectivity index (χ0n) is 19.3. The van der Waals surface area contributed by atoms with Gasteiger partial charge in [-0.15, -0.1) is 0 Å². The molecule has 2 aromatic carbocycles. The van der Waals surface area contributed by atoms with Gasteiger partial charge in [0.25, 0.3) is 0 Å². The predicted octanol–water partition coefficient (Wildman–Crippen LogP) is 2.75. The van der Waals surface area contributed by atoms with Crippen LogP contribution in [0.4, 0.5) is 0 Å². The summed E-state index contributed by atoms with van der Waals surface area (Å²) >= 11 is 0. The molecule has 1 N–H and O–H groups in total. The van der Waals surface area contributed by atoms with E-state index in [0.717, 1.165) is 55.8 Å². The molecule has 0 radical (unpaired) electrons. The molecule has 32 heavy (non-hydrogen) atoms. The third-order valence-corrected chi connectivity index (χ3v) is 6.13. The first-order valence-electron chi connectivity index (χ1n) is 11.4. The van der Waals surface area contributed by atoms with E-state index in [0.29, 0.717) is 19.2 Å². The second kappa shape index (κ2) is 10.7. The maximum absolute atomic E-state index is 6.13. The van der Waals surface area contributed by atoms with Crippen LogP contribution in [0.2, 0.25) is 0 Å². The third kappa shape index (κ3) is 5.16. The van der Waals surface area contributed by atoms with Crippen LogP contribution in [0.1, 0.15) is 18.1 Å². The summed E-state index contributed by atoms with van der Waals surface area (Å²) in [4.78, 5) is 9.41. The number of ether oxygens (including phenoxy) is 3. The number of nitrogens with zero attached hydrogens (tertiary/aromatic N) is 3. The molecule has 2 aliphatic heterocycles. The van der Waals surface area contributed by atoms with Gasteiger partial charge in [-0.25, -0.2) is 0 Å². The minimum absolute atomic E-state index is 0.205. The highest BCUT2D eigenvalue weighted by atomic mass is 16.5. The van der Waals surface area contributed by atoms with E-state index in [4.69, 9.17) is 14.2 Å². The van der Waals surface area contributed by atoms with Crippen molar-refractivity contribution < 1.29 is 14.2 Å². The Balaban J connectivity index is 1.38. The minimum atomic E-state index is 0.205. The summed E-state index contributed by atoms with van der Waals surface area (Å²) in [7, 11) is 3.50. The lowest BCUT2D eigenvalue weighted by molar-refractivity contribution is -0.0502. The third-order valence-electron chi connectivity index (χ3n) is 6.13. The summed E-state index contributed by atoms with van der Waals surface area (Å²) in [6.45, 7) is 7.69. The van der Waals surface area contributed by atoms with E-state index in [1.807, 2.05) is 26.1 Å². The molecular weight excluding hydrogens is 404 g/mol. The Bertz CT molecular complexity index is 905. The second-order valence-corrected chi connectivity index (χ2v) is 8.16. The number of aliphatic imine (C=N–C) groups is 1. The molecule has 0 bridgehead atoms. The number of guanidine groups is 1. The van der Waals surface area contributed by atoms with Crippen molar-refractivity contribution in [2.75, 3.05) is 47.0 Å². The van der Waals surface area contributed by atoms with Gasteiger partial charge in [0.15, 0.2) is 17.5 Å². The first-order valence-corrected chi connectivity index (χ1v) is 11.4. The number of rotatable bonds is 7. The van der Waals surface area contributed by atoms with Crippen molar-refractivity contribution in [3.05, 3.63) is 59.7 Å². The van der Waals surface area contributed by atoms with Crippen LogP contribution in [0, 0.1) is 0 Å². The fraction of sp³-hybridized carbons (Fsp3) is 0.480. The number of nitrogens with one attached hydrogen (secondary N) is 1. The summed E-state index contributed by atoms with van der Waals surface area (Å²) in [5.41, 5.74) is 2.47. The van der Waals surface area contributed by atoms with Gasteiger partial charge in [-0.1, -0.05) is 36.4 Å². The van der Waals surface area contributed by atoms with Gasteiger partial charge >= 0.3 is 0 Å². The molecule has 7 heteroatoms. The van der Waals surface area contributed by atoms with Gasteiger partial charge in [0.1, 0.15) is 0 Å². The maximum atomic E-state index is 6.13. The Morgan fingerprint density at radius 2 is 1.97 bits per heavy atom. The molecule has 2 fully saturated rings. The molecule has 172 valence electrons. The highest BCUT2D eigenvalue weighted by molar-refractivity contribution is 5.80. The van der Waals surface area contributed by atoms with E-state index in [2.05, 4.69) is 56.5 Å². The average molecular weight is 439 g/mol. The summed E-state index contributed by atoms with van der Waals surface area (Å²) in [5, 5.41) is 3.51. The Labute approximate surface area is 191 Å². The highest BCUT2D eigenvalue weighted by Crippen LogP contribution is 2.28. The monoisotopic (exact) mass is 438 g/mol. The number of likely N-dealkylation sites (tertiary alicyclic amines) is 1. The van der Waals surface area contributed by atoms with Crippen LogP contribution in [0.3, 0.4) is 0 Å². The first kappa shape index (κ1) is 22.4. The molecule has 0 saturated carbocycles. The van der Waals surface area contributed by atoms with Crippen molar-refractivity contribution in [1.29, 1.82) is 0 Å². The topological polar surface area (TPSA) is 58.6 Å². The lowest BCUT2D eigenvalue weighted by Crippen LogP contribution is -2.50. The van der Waals surface area contributed by atoms with E-state index in [9.17, 15) is 0 Å². The number of fused-ring (bicyclic) bond motifs is 1. The molecule has 2 heterocycles. The maximum Gasteiger partial charge on any atom is 0.194 e. The predicted molar refractivity (Wildman–Crippen MR) is 126 cm³/mol. The fourth-order valence-corrected chi connectivity index (χ4v) is 4.56. The van der Waals surface area contributed by atoms with Crippen LogP contribution < -0.4 is 14.8 Å². The largest absolute Gasteiger partial charge is 0.493 e. The second-order valence-electron chi connectivity index (χ2n) is 8.16. The molecule has 2 atom stereocenters. The molecule has 2 unspecified atom stereocenters. The van der Waals surface area contributed by atoms with Crippen LogP contribution in [0.25, 0.3) is 0 Å². The molecule has 0 aromatic heterocycles. The minimum Gasteiger partial charge on any atom is -0.493 e. The van der Waals surface area contributed by atoms with E-state index in [-0.39, 0.29) is 6.10 Å². The fourth-order valence-electron chi connectivity index (χ4n) is 4.56. The van der Waals surface area contributed by atoms with Crippen molar-refractivity contribution in [2.45, 2.75) is 32.2 Å². The van der Waals surface area contributed by atoms with Gasteiger partial charge in [0, 0.05) is 39.8 Å². The van der Waals surface area contributed by atoms with Gasteiger partial charge < -0.3 is 24.4 Å². The van der Waals surface area contributed by atoms with Crippen molar-refractivity contribution in [2.24, 2.45) is 4.99 Å². The number of hydrogen-bond acceptors (Lipinski definition) is 5. The zero-order valence-corrected chi connectivity index (χ0v) is 19.3. The SMILES string of the molecule is CCOc1cc(CNC(=NC)N2CC3OCCN(Cc4ccccc4)C3C2)ccc1OC. The summed E-state index contributed by atoms with van der Waals surface area (Å²) in [6.07, 6.45) is 0.205. The van der Waals surface area contributed by atoms with Crippen molar-refractivity contribution in [3.8, 4) is 11.5 Å². The van der Waals surface area contributed by atoms with E-state index < -0.39 is 0 Å². The first-order chi connectivity index (χ1) is 15.7.